The fourth-order valence-electron chi connectivity index (χ4n) is 2.87. The molecule has 2 heterocycles. The van der Waals surface area contributed by atoms with E-state index in [9.17, 15) is 8.42 Å². The zero-order valence-corrected chi connectivity index (χ0v) is 15.1. The fraction of sp³-hybridized carbons (Fsp3) is 0.643. The average Bonchev–Trinajstić information content (AvgIpc) is 2.93. The molecule has 1 N–H and O–H groups in total. The van der Waals surface area contributed by atoms with Crippen molar-refractivity contribution in [1.82, 2.24) is 9.29 Å². The van der Waals surface area contributed by atoms with Crippen LogP contribution in [-0.4, -0.2) is 37.8 Å². The van der Waals surface area contributed by atoms with Gasteiger partial charge >= 0.3 is 0 Å². The molecule has 21 heavy (non-hydrogen) atoms. The van der Waals surface area contributed by atoms with Gasteiger partial charge in [-0.3, -0.25) is 0 Å². The Bertz CT molecular complexity index is 615. The summed E-state index contributed by atoms with van der Waals surface area (Å²) in [6.07, 6.45) is 4.53. The van der Waals surface area contributed by atoms with E-state index in [1.807, 2.05) is 0 Å². The molecule has 1 aromatic heterocycles. The second kappa shape index (κ2) is 6.22. The van der Waals surface area contributed by atoms with Crippen molar-refractivity contribution in [2.75, 3.05) is 25.5 Å². The van der Waals surface area contributed by atoms with Crippen LogP contribution in [0, 0.1) is 5.41 Å². The van der Waals surface area contributed by atoms with E-state index in [-0.39, 0.29) is 10.3 Å². The van der Waals surface area contributed by atoms with Crippen molar-refractivity contribution in [2.24, 2.45) is 5.41 Å². The number of nitrogens with zero attached hydrogens (tertiary/aromatic N) is 2. The van der Waals surface area contributed by atoms with Gasteiger partial charge in [-0.1, -0.05) is 13.8 Å². The van der Waals surface area contributed by atoms with Crippen LogP contribution in [0.3, 0.4) is 0 Å². The van der Waals surface area contributed by atoms with Gasteiger partial charge in [0.25, 0.3) is 0 Å². The first-order valence-electron chi connectivity index (χ1n) is 7.22. The van der Waals surface area contributed by atoms with Crippen LogP contribution in [-0.2, 0) is 10.0 Å². The van der Waals surface area contributed by atoms with Gasteiger partial charge in [-0.15, -0.1) is 0 Å². The Morgan fingerprint density at radius 1 is 1.43 bits per heavy atom. The lowest BCUT2D eigenvalue weighted by atomic mass is 9.82. The van der Waals surface area contributed by atoms with E-state index >= 15 is 0 Å². The van der Waals surface area contributed by atoms with E-state index in [1.54, 1.807) is 23.6 Å². The molecule has 0 radical (unpaired) electrons. The summed E-state index contributed by atoms with van der Waals surface area (Å²) in [6, 6.07) is 1.62. The average molecular weight is 376 g/mol. The third-order valence-electron chi connectivity index (χ3n) is 4.58. The van der Waals surface area contributed by atoms with Gasteiger partial charge in [0.05, 0.1) is 0 Å². The number of aromatic nitrogens is 1. The Morgan fingerprint density at radius 2 is 2.10 bits per heavy atom. The van der Waals surface area contributed by atoms with E-state index in [0.717, 1.165) is 19.3 Å². The molecule has 0 aromatic carbocycles. The largest absolute Gasteiger partial charge is 0.372 e. The summed E-state index contributed by atoms with van der Waals surface area (Å²) < 4.78 is 28.1. The van der Waals surface area contributed by atoms with E-state index in [1.165, 1.54) is 0 Å². The number of halogens is 1. The molecule has 0 aliphatic carbocycles. The maximum absolute atomic E-state index is 12.9. The van der Waals surface area contributed by atoms with Crippen molar-refractivity contribution < 1.29 is 8.42 Å². The molecule has 2 rings (SSSR count). The Morgan fingerprint density at radius 3 is 2.62 bits per heavy atom. The first kappa shape index (κ1) is 16.7. The van der Waals surface area contributed by atoms with Crippen molar-refractivity contribution in [1.29, 1.82) is 0 Å². The predicted molar refractivity (Wildman–Crippen MR) is 87.9 cm³/mol. The van der Waals surface area contributed by atoms with E-state index in [2.05, 4.69) is 40.1 Å². The number of rotatable bonds is 5. The zero-order chi connectivity index (χ0) is 15.7. The number of sulfonamides is 1. The molecule has 1 fully saturated rings. The summed E-state index contributed by atoms with van der Waals surface area (Å²) in [6.45, 7) is 5.45. The van der Waals surface area contributed by atoms with Gasteiger partial charge in [-0.2, -0.15) is 4.31 Å². The van der Waals surface area contributed by atoms with Crippen molar-refractivity contribution in [3.05, 3.63) is 16.7 Å². The highest BCUT2D eigenvalue weighted by molar-refractivity contribution is 9.10. The second-order valence-corrected chi connectivity index (χ2v) is 8.37. The molecule has 0 spiro atoms. The highest BCUT2D eigenvalue weighted by Gasteiger charge is 2.41. The quantitative estimate of drug-likeness (QED) is 0.858. The fourth-order valence-corrected chi connectivity index (χ4v) is 5.08. The van der Waals surface area contributed by atoms with Crippen LogP contribution >= 0.6 is 15.9 Å². The lowest BCUT2D eigenvalue weighted by Crippen LogP contribution is -2.32. The third-order valence-corrected chi connectivity index (χ3v) is 6.87. The molecule has 7 heteroatoms. The summed E-state index contributed by atoms with van der Waals surface area (Å²) >= 11 is 3.30. The van der Waals surface area contributed by atoms with Crippen molar-refractivity contribution >= 4 is 31.8 Å². The number of anilines is 1. The molecule has 0 saturated carbocycles. The minimum atomic E-state index is -3.52. The highest BCUT2D eigenvalue weighted by Crippen LogP contribution is 2.40. The Hall–Kier alpha value is -0.660. The molecule has 0 amide bonds. The van der Waals surface area contributed by atoms with Crippen molar-refractivity contribution in [2.45, 2.75) is 38.0 Å². The molecule has 0 atom stereocenters. The maximum Gasteiger partial charge on any atom is 0.246 e. The SMILES string of the molecule is CCC1(CC)CCN(S(=O)(=O)c2cc(Br)cnc2NC)C1. The standard InChI is InChI=1S/C14H22BrN3O2S/c1-4-14(5-2)6-7-18(10-14)21(19,20)12-8-11(15)9-17-13(12)16-3/h8-9H,4-7,10H2,1-3H3,(H,16,17). The molecule has 1 aromatic rings. The molecular weight excluding hydrogens is 354 g/mol. The van der Waals surface area contributed by atoms with Gasteiger partial charge in [0, 0.05) is 30.8 Å². The zero-order valence-electron chi connectivity index (χ0n) is 12.7. The predicted octanol–water partition coefficient (Wildman–Crippen LogP) is 3.09. The Labute approximate surface area is 135 Å². The molecule has 118 valence electrons. The van der Waals surface area contributed by atoms with Gasteiger partial charge in [0.1, 0.15) is 10.7 Å². The van der Waals surface area contributed by atoms with Gasteiger partial charge in [-0.05, 0) is 46.7 Å². The Kier molecular flexibility index (Phi) is 4.95. The summed E-state index contributed by atoms with van der Waals surface area (Å²) in [5.74, 6) is 0.392. The summed E-state index contributed by atoms with van der Waals surface area (Å²) in [5.41, 5.74) is 0.117. The highest BCUT2D eigenvalue weighted by atomic mass is 79.9. The summed E-state index contributed by atoms with van der Waals surface area (Å²) in [4.78, 5) is 4.39. The van der Waals surface area contributed by atoms with Crippen LogP contribution in [0.1, 0.15) is 33.1 Å². The lowest BCUT2D eigenvalue weighted by Gasteiger charge is -2.26. The second-order valence-electron chi connectivity index (χ2n) is 5.55. The molecule has 1 aliphatic rings. The normalized spacial score (nSPS) is 18.9. The number of hydrogen-bond donors (Lipinski definition) is 1. The van der Waals surface area contributed by atoms with Crippen molar-refractivity contribution in [3.63, 3.8) is 0 Å². The molecule has 1 saturated heterocycles. The smallest absolute Gasteiger partial charge is 0.246 e. The number of hydrogen-bond acceptors (Lipinski definition) is 4. The van der Waals surface area contributed by atoms with Gasteiger partial charge in [0.2, 0.25) is 10.0 Å². The van der Waals surface area contributed by atoms with Crippen LogP contribution in [0.4, 0.5) is 5.82 Å². The minimum Gasteiger partial charge on any atom is -0.372 e. The van der Waals surface area contributed by atoms with Crippen LogP contribution in [0.2, 0.25) is 0 Å². The molecule has 5 nitrogen and oxygen atoms in total. The van der Waals surface area contributed by atoms with Crippen LogP contribution in [0.5, 0.6) is 0 Å². The molecule has 0 unspecified atom stereocenters. The van der Waals surface area contributed by atoms with Gasteiger partial charge in [-0.25, -0.2) is 13.4 Å². The minimum absolute atomic E-state index is 0.117. The molecular formula is C14H22BrN3O2S. The molecule has 0 bridgehead atoms. The van der Waals surface area contributed by atoms with Crippen LogP contribution in [0.15, 0.2) is 21.6 Å². The van der Waals surface area contributed by atoms with Gasteiger partial charge < -0.3 is 5.32 Å². The third kappa shape index (κ3) is 3.10. The van der Waals surface area contributed by atoms with E-state index < -0.39 is 10.0 Å². The summed E-state index contributed by atoms with van der Waals surface area (Å²) in [7, 11) is -1.83. The first-order valence-corrected chi connectivity index (χ1v) is 9.45. The maximum atomic E-state index is 12.9. The number of pyridine rings is 1. The number of nitrogens with one attached hydrogen (secondary N) is 1. The van der Waals surface area contributed by atoms with Crippen molar-refractivity contribution in [3.8, 4) is 0 Å². The first-order chi connectivity index (χ1) is 9.88. The monoisotopic (exact) mass is 375 g/mol. The van der Waals surface area contributed by atoms with Crippen LogP contribution in [0.25, 0.3) is 0 Å². The lowest BCUT2D eigenvalue weighted by molar-refractivity contribution is 0.279. The van der Waals surface area contributed by atoms with Crippen LogP contribution < -0.4 is 5.32 Å². The Balaban J connectivity index is 2.38. The van der Waals surface area contributed by atoms with Gasteiger partial charge in [0.15, 0.2) is 0 Å². The van der Waals surface area contributed by atoms with E-state index in [4.69, 9.17) is 0 Å². The topological polar surface area (TPSA) is 62.3 Å². The summed E-state index contributed by atoms with van der Waals surface area (Å²) in [5, 5.41) is 2.86. The molecule has 1 aliphatic heterocycles. The van der Waals surface area contributed by atoms with E-state index in [0.29, 0.717) is 23.4 Å².